The average molecular weight is 358 g/mol. The summed E-state index contributed by atoms with van der Waals surface area (Å²) in [6.07, 6.45) is -0.323. The van der Waals surface area contributed by atoms with Crippen molar-refractivity contribution in [3.05, 3.63) is 60.7 Å². The van der Waals surface area contributed by atoms with E-state index in [-0.39, 0.29) is 17.9 Å². The van der Waals surface area contributed by atoms with Crippen LogP contribution >= 0.6 is 0 Å². The number of hydrogen-bond donors (Lipinski definition) is 1. The predicted molar refractivity (Wildman–Crippen MR) is 105 cm³/mol. The molecule has 2 nitrogen and oxygen atoms in total. The summed E-state index contributed by atoms with van der Waals surface area (Å²) >= 11 is 0. The quantitative estimate of drug-likeness (QED) is 0.835. The molecule has 1 fully saturated rings. The van der Waals surface area contributed by atoms with Crippen LogP contribution in [0.25, 0.3) is 0 Å². The van der Waals surface area contributed by atoms with Gasteiger partial charge in [-0.1, -0.05) is 81.4 Å². The highest BCUT2D eigenvalue weighted by molar-refractivity contribution is 6.80. The molecule has 2 aromatic rings. The number of benzene rings is 2. The van der Waals surface area contributed by atoms with Crippen LogP contribution in [0.4, 0.5) is 4.39 Å². The molecule has 4 heteroatoms. The maximum atomic E-state index is 14.8. The second-order valence-corrected chi connectivity index (χ2v) is 10.8. The Balaban J connectivity index is 1.74. The molecular weight excluding hydrogens is 329 g/mol. The van der Waals surface area contributed by atoms with E-state index in [4.69, 9.17) is 10.2 Å². The van der Waals surface area contributed by atoms with E-state index in [1.807, 2.05) is 36.4 Å². The van der Waals surface area contributed by atoms with Crippen LogP contribution < -0.4 is 16.1 Å². The third-order valence-electron chi connectivity index (χ3n) is 5.34. The number of nitrogens with two attached hydrogens (primary N) is 1. The van der Waals surface area contributed by atoms with Crippen molar-refractivity contribution in [1.29, 1.82) is 0 Å². The van der Waals surface area contributed by atoms with Crippen molar-refractivity contribution in [2.75, 3.05) is 6.61 Å². The average Bonchev–Trinajstić information content (AvgIpc) is 2.60. The molecule has 3 unspecified atom stereocenters. The van der Waals surface area contributed by atoms with E-state index in [1.165, 1.54) is 10.4 Å². The Bertz CT molecular complexity index is 649. The molecule has 1 saturated carbocycles. The smallest absolute Gasteiger partial charge is 0.239 e. The molecule has 25 heavy (non-hydrogen) atoms. The molecule has 0 saturated heterocycles. The van der Waals surface area contributed by atoms with Crippen molar-refractivity contribution < 1.29 is 8.82 Å². The second-order valence-electron chi connectivity index (χ2n) is 8.32. The molecule has 0 aliphatic heterocycles. The van der Waals surface area contributed by atoms with Crippen molar-refractivity contribution in [3.63, 3.8) is 0 Å². The highest BCUT2D eigenvalue weighted by atomic mass is 28.3. The van der Waals surface area contributed by atoms with E-state index in [2.05, 4.69) is 45.0 Å². The van der Waals surface area contributed by atoms with E-state index >= 15 is 0 Å². The van der Waals surface area contributed by atoms with Crippen LogP contribution in [0.3, 0.4) is 0 Å². The van der Waals surface area contributed by atoms with Gasteiger partial charge >= 0.3 is 0 Å². The predicted octanol–water partition coefficient (Wildman–Crippen LogP) is 2.64. The minimum absolute atomic E-state index is 0.00895. The van der Waals surface area contributed by atoms with Crippen LogP contribution in [0.1, 0.15) is 27.2 Å². The lowest BCUT2D eigenvalue weighted by Crippen LogP contribution is -2.68. The van der Waals surface area contributed by atoms with Crippen LogP contribution in [0.2, 0.25) is 0 Å². The lowest BCUT2D eigenvalue weighted by molar-refractivity contribution is -0.0746. The maximum Gasteiger partial charge on any atom is 0.239 e. The van der Waals surface area contributed by atoms with E-state index < -0.39 is 20.8 Å². The first-order valence-electron chi connectivity index (χ1n) is 8.96. The van der Waals surface area contributed by atoms with Crippen LogP contribution in [0.5, 0.6) is 0 Å². The number of rotatable bonds is 5. The van der Waals surface area contributed by atoms with Gasteiger partial charge in [-0.3, -0.25) is 0 Å². The summed E-state index contributed by atoms with van der Waals surface area (Å²) in [4.78, 5) is 0. The van der Waals surface area contributed by atoms with Crippen LogP contribution in [0, 0.1) is 11.3 Å². The van der Waals surface area contributed by atoms with E-state index in [0.29, 0.717) is 6.42 Å². The lowest BCUT2D eigenvalue weighted by Gasteiger charge is -2.53. The number of hydrogen-bond acceptors (Lipinski definition) is 2. The van der Waals surface area contributed by atoms with Crippen molar-refractivity contribution in [3.8, 4) is 0 Å². The maximum absolute atomic E-state index is 14.8. The topological polar surface area (TPSA) is 35.2 Å². The molecule has 0 radical (unpaired) electrons. The summed E-state index contributed by atoms with van der Waals surface area (Å²) < 4.78 is 21.1. The molecular formula is C21H28FNOSi. The van der Waals surface area contributed by atoms with Crippen molar-refractivity contribution in [2.24, 2.45) is 17.1 Å². The summed E-state index contributed by atoms with van der Waals surface area (Å²) in [6.45, 7) is 6.52. The summed E-state index contributed by atoms with van der Waals surface area (Å²) in [5.41, 5.74) is 5.45. The first-order valence-corrected chi connectivity index (χ1v) is 10.6. The summed E-state index contributed by atoms with van der Waals surface area (Å²) in [5, 5.41) is 2.39. The van der Waals surface area contributed by atoms with Gasteiger partial charge in [0, 0.05) is 0 Å². The molecule has 0 spiro atoms. The van der Waals surface area contributed by atoms with Gasteiger partial charge in [0.2, 0.25) is 9.04 Å². The van der Waals surface area contributed by atoms with Gasteiger partial charge in [0.15, 0.2) is 0 Å². The minimum Gasteiger partial charge on any atom is -0.409 e. The zero-order valence-corrected chi connectivity index (χ0v) is 16.4. The van der Waals surface area contributed by atoms with Gasteiger partial charge in [-0.15, -0.1) is 0 Å². The molecule has 2 aromatic carbocycles. The molecule has 134 valence electrons. The van der Waals surface area contributed by atoms with E-state index in [1.54, 1.807) is 0 Å². The third kappa shape index (κ3) is 3.86. The second kappa shape index (κ2) is 7.02. The van der Waals surface area contributed by atoms with E-state index in [9.17, 15) is 4.39 Å². The molecule has 0 aromatic heterocycles. The lowest BCUT2D eigenvalue weighted by atomic mass is 9.58. The molecule has 0 amide bonds. The molecule has 2 N–H and O–H groups in total. The van der Waals surface area contributed by atoms with Crippen LogP contribution in [-0.4, -0.2) is 27.4 Å². The van der Waals surface area contributed by atoms with Gasteiger partial charge < -0.3 is 10.2 Å². The number of alkyl halides is 1. The van der Waals surface area contributed by atoms with Crippen LogP contribution in [-0.2, 0) is 4.43 Å². The third-order valence-corrected chi connectivity index (χ3v) is 7.82. The van der Waals surface area contributed by atoms with Crippen molar-refractivity contribution >= 4 is 19.4 Å². The summed E-state index contributed by atoms with van der Waals surface area (Å²) in [5.74, 6) is 0.00895. The Hall–Kier alpha value is -1.49. The largest absolute Gasteiger partial charge is 0.409 e. The Kier molecular flexibility index (Phi) is 5.14. The standard InChI is InChI=1S/C21H28FNOSi/c1-20(2,3)18-14-21(23,19(18)22)15-24-25(16-10-6-4-7-11-16)17-12-8-5-9-13-17/h4-13,18-19,25H,14-15,23H2,1-3H3. The Morgan fingerprint density at radius 1 is 1.04 bits per heavy atom. The first-order chi connectivity index (χ1) is 11.8. The molecule has 3 rings (SSSR count). The number of halogens is 1. The van der Waals surface area contributed by atoms with Gasteiger partial charge in [-0.05, 0) is 28.1 Å². The monoisotopic (exact) mass is 357 g/mol. The van der Waals surface area contributed by atoms with Gasteiger partial charge in [0.05, 0.1) is 12.1 Å². The first kappa shape index (κ1) is 18.3. The van der Waals surface area contributed by atoms with Crippen LogP contribution in [0.15, 0.2) is 60.7 Å². The van der Waals surface area contributed by atoms with Crippen molar-refractivity contribution in [2.45, 2.75) is 38.9 Å². The molecule has 1 aliphatic rings. The highest BCUT2D eigenvalue weighted by Crippen LogP contribution is 2.48. The van der Waals surface area contributed by atoms with Gasteiger partial charge in [0.1, 0.15) is 6.17 Å². The van der Waals surface area contributed by atoms with Gasteiger partial charge in [-0.2, -0.15) is 0 Å². The molecule has 1 aliphatic carbocycles. The zero-order valence-electron chi connectivity index (χ0n) is 15.3. The van der Waals surface area contributed by atoms with Gasteiger partial charge in [0.25, 0.3) is 0 Å². The Labute approximate surface area is 151 Å². The normalized spacial score (nSPS) is 26.5. The molecule has 0 bridgehead atoms. The summed E-state index contributed by atoms with van der Waals surface area (Å²) in [6, 6.07) is 20.5. The van der Waals surface area contributed by atoms with Crippen molar-refractivity contribution in [1.82, 2.24) is 0 Å². The molecule has 3 atom stereocenters. The fraction of sp³-hybridized carbons (Fsp3) is 0.429. The SMILES string of the molecule is CC(C)(C)C1CC(N)(CO[SiH](c2ccccc2)c2ccccc2)C1F. The minimum atomic E-state index is -1.87. The Morgan fingerprint density at radius 2 is 1.52 bits per heavy atom. The summed E-state index contributed by atoms with van der Waals surface area (Å²) in [7, 11) is -1.87. The molecule has 0 heterocycles. The van der Waals surface area contributed by atoms with Gasteiger partial charge in [-0.25, -0.2) is 4.39 Å². The Morgan fingerprint density at radius 3 is 1.92 bits per heavy atom. The fourth-order valence-electron chi connectivity index (χ4n) is 3.63. The van der Waals surface area contributed by atoms with E-state index in [0.717, 1.165) is 0 Å². The zero-order chi connectivity index (χ0) is 18.1. The fourth-order valence-corrected chi connectivity index (χ4v) is 6.02. The highest BCUT2D eigenvalue weighted by Gasteiger charge is 2.56.